The number of nitrogens with one attached hydrogen (secondary N) is 1. The number of rotatable bonds is 6. The molecule has 2 aliphatic heterocycles. The summed E-state index contributed by atoms with van der Waals surface area (Å²) in [5, 5.41) is 3.34. The van der Waals surface area contributed by atoms with Crippen molar-refractivity contribution in [1.29, 1.82) is 0 Å². The molecule has 6 nitrogen and oxygen atoms in total. The van der Waals surface area contributed by atoms with E-state index >= 15 is 0 Å². The number of aryl methyl sites for hydroxylation is 1. The summed E-state index contributed by atoms with van der Waals surface area (Å²) in [6, 6.07) is 15.0. The lowest BCUT2D eigenvalue weighted by Gasteiger charge is -2.15. The Kier molecular flexibility index (Phi) is 7.24. The van der Waals surface area contributed by atoms with Crippen LogP contribution in [0.1, 0.15) is 33.6 Å². The minimum absolute atomic E-state index is 0.152. The molecule has 2 aromatic carbocycles. The molecule has 1 unspecified atom stereocenters. The minimum Gasteiger partial charge on any atom is -0.484 e. The molecule has 0 aliphatic carbocycles. The van der Waals surface area contributed by atoms with Gasteiger partial charge in [0.15, 0.2) is 0 Å². The van der Waals surface area contributed by atoms with Gasteiger partial charge in [0, 0.05) is 48.6 Å². The van der Waals surface area contributed by atoms with Gasteiger partial charge in [-0.05, 0) is 66.4 Å². The summed E-state index contributed by atoms with van der Waals surface area (Å²) in [6.07, 6.45) is 4.71. The highest BCUT2D eigenvalue weighted by atomic mass is 35.5. The van der Waals surface area contributed by atoms with Gasteiger partial charge in [-0.3, -0.25) is 14.6 Å². The highest BCUT2D eigenvalue weighted by Crippen LogP contribution is 2.40. The third kappa shape index (κ3) is 5.83. The fraction of sp³-hybridized carbons (Fsp3) is 0.276. The first-order chi connectivity index (χ1) is 17.9. The maximum absolute atomic E-state index is 13.5. The second-order valence-electron chi connectivity index (χ2n) is 9.41. The number of carbonyl (C=O) groups excluding carboxylic acids is 2. The third-order valence-corrected chi connectivity index (χ3v) is 6.88. The van der Waals surface area contributed by atoms with Gasteiger partial charge in [-0.2, -0.15) is 0 Å². The van der Waals surface area contributed by atoms with E-state index in [1.165, 1.54) is 6.08 Å². The van der Waals surface area contributed by atoms with E-state index in [0.29, 0.717) is 42.3 Å². The van der Waals surface area contributed by atoms with Crippen molar-refractivity contribution in [3.05, 3.63) is 94.3 Å². The molecule has 1 aromatic heterocycles. The predicted molar refractivity (Wildman–Crippen MR) is 140 cm³/mol. The van der Waals surface area contributed by atoms with E-state index in [9.17, 15) is 14.0 Å². The molecule has 5 rings (SSSR count). The maximum atomic E-state index is 13.5. The number of hydrogen-bond donors (Lipinski definition) is 1. The Morgan fingerprint density at radius 3 is 2.70 bits per heavy atom. The smallest absolute Gasteiger partial charge is 0.253 e. The molecule has 8 heteroatoms. The minimum atomic E-state index is -0.941. The van der Waals surface area contributed by atoms with E-state index in [0.717, 1.165) is 27.9 Å². The van der Waals surface area contributed by atoms with Crippen molar-refractivity contribution >= 4 is 23.4 Å². The van der Waals surface area contributed by atoms with E-state index in [4.69, 9.17) is 16.3 Å². The molecule has 2 aliphatic rings. The molecule has 0 spiro atoms. The van der Waals surface area contributed by atoms with Crippen LogP contribution in [-0.2, 0) is 17.8 Å². The fourth-order valence-electron chi connectivity index (χ4n) is 4.55. The van der Waals surface area contributed by atoms with Gasteiger partial charge in [0.05, 0.1) is 11.6 Å². The van der Waals surface area contributed by atoms with Crippen molar-refractivity contribution in [3.63, 3.8) is 0 Å². The third-order valence-electron chi connectivity index (χ3n) is 6.60. The summed E-state index contributed by atoms with van der Waals surface area (Å²) < 4.78 is 19.4. The van der Waals surface area contributed by atoms with Crippen molar-refractivity contribution in [1.82, 2.24) is 15.2 Å². The number of ether oxygens (including phenoxy) is 1. The number of pyridine rings is 1. The Hall–Kier alpha value is -3.71. The van der Waals surface area contributed by atoms with Gasteiger partial charge in [0.1, 0.15) is 18.0 Å². The number of aromatic nitrogens is 1. The summed E-state index contributed by atoms with van der Waals surface area (Å²) in [5.74, 6) is 0.256. The number of benzene rings is 2. The van der Waals surface area contributed by atoms with Crippen LogP contribution in [0.4, 0.5) is 4.39 Å². The molecule has 1 fully saturated rings. The van der Waals surface area contributed by atoms with E-state index in [1.807, 2.05) is 43.3 Å². The standard InChI is InChI=1S/C29H27ClFN3O3/c1-18-2-3-19(15-32-18)16-33-27(35)9-8-25-13-23-12-22(14-26(30)28(23)37-25)20-4-6-21(7-5-20)29(36)34-11-10-24(31)17-34/h2-9,12,14-15,24-25H,10-11,13,16-17H2,1H3,(H,33,35)/b9-8+/t24-,25?/m1/s1. The van der Waals surface area contributed by atoms with Gasteiger partial charge >= 0.3 is 0 Å². The molecule has 3 aromatic rings. The number of fused-ring (bicyclic) bond motifs is 1. The highest BCUT2D eigenvalue weighted by molar-refractivity contribution is 6.32. The number of likely N-dealkylation sites (tertiary alicyclic amines) is 1. The summed E-state index contributed by atoms with van der Waals surface area (Å²) in [5.41, 5.74) is 5.17. The lowest BCUT2D eigenvalue weighted by atomic mass is 9.99. The Labute approximate surface area is 220 Å². The predicted octanol–water partition coefficient (Wildman–Crippen LogP) is 5.07. The van der Waals surface area contributed by atoms with Gasteiger partial charge in [0.2, 0.25) is 5.91 Å². The summed E-state index contributed by atoms with van der Waals surface area (Å²) in [6.45, 7) is 2.92. The largest absolute Gasteiger partial charge is 0.484 e. The number of hydrogen-bond acceptors (Lipinski definition) is 4. The molecular weight excluding hydrogens is 493 g/mol. The first-order valence-corrected chi connectivity index (χ1v) is 12.6. The zero-order chi connectivity index (χ0) is 25.9. The van der Waals surface area contributed by atoms with Gasteiger partial charge in [-0.1, -0.05) is 29.8 Å². The van der Waals surface area contributed by atoms with Crippen molar-refractivity contribution in [2.45, 2.75) is 38.6 Å². The molecule has 37 heavy (non-hydrogen) atoms. The lowest BCUT2D eigenvalue weighted by Crippen LogP contribution is -2.28. The molecule has 1 saturated heterocycles. The Bertz CT molecular complexity index is 1340. The van der Waals surface area contributed by atoms with Crippen LogP contribution in [0.15, 0.2) is 66.9 Å². The highest BCUT2D eigenvalue weighted by Gasteiger charge is 2.27. The lowest BCUT2D eigenvalue weighted by molar-refractivity contribution is -0.116. The molecule has 3 heterocycles. The second kappa shape index (κ2) is 10.7. The van der Waals surface area contributed by atoms with Crippen molar-refractivity contribution in [2.24, 2.45) is 0 Å². The Morgan fingerprint density at radius 2 is 2.00 bits per heavy atom. The van der Waals surface area contributed by atoms with Gasteiger partial charge < -0.3 is 15.0 Å². The van der Waals surface area contributed by atoms with Crippen LogP contribution < -0.4 is 10.1 Å². The van der Waals surface area contributed by atoms with Crippen molar-refractivity contribution in [3.8, 4) is 16.9 Å². The van der Waals surface area contributed by atoms with Crippen LogP contribution >= 0.6 is 11.6 Å². The summed E-state index contributed by atoms with van der Waals surface area (Å²) in [7, 11) is 0. The van der Waals surface area contributed by atoms with Crippen molar-refractivity contribution in [2.75, 3.05) is 13.1 Å². The van der Waals surface area contributed by atoms with E-state index in [-0.39, 0.29) is 24.5 Å². The van der Waals surface area contributed by atoms with Crippen LogP contribution in [0.25, 0.3) is 11.1 Å². The monoisotopic (exact) mass is 519 g/mol. The molecule has 1 N–H and O–H groups in total. The zero-order valence-electron chi connectivity index (χ0n) is 20.4. The maximum Gasteiger partial charge on any atom is 0.253 e. The number of alkyl halides is 1. The Balaban J connectivity index is 1.21. The topological polar surface area (TPSA) is 71.5 Å². The van der Waals surface area contributed by atoms with E-state index in [1.54, 1.807) is 29.3 Å². The van der Waals surface area contributed by atoms with Gasteiger partial charge in [-0.25, -0.2) is 4.39 Å². The molecular formula is C29H27ClFN3O3. The molecule has 0 bridgehead atoms. The molecule has 2 amide bonds. The molecule has 0 radical (unpaired) electrons. The SMILES string of the molecule is Cc1ccc(CNC(=O)/C=C/C2Cc3cc(-c4ccc(C(=O)N5CC[C@@H](F)C5)cc4)cc(Cl)c3O2)cn1. The summed E-state index contributed by atoms with van der Waals surface area (Å²) in [4.78, 5) is 30.6. The van der Waals surface area contributed by atoms with E-state index < -0.39 is 6.17 Å². The first kappa shape index (κ1) is 25.0. The van der Waals surface area contributed by atoms with Crippen LogP contribution in [0.5, 0.6) is 5.75 Å². The van der Waals surface area contributed by atoms with Crippen LogP contribution in [0.2, 0.25) is 5.02 Å². The average molecular weight is 520 g/mol. The fourth-order valence-corrected chi connectivity index (χ4v) is 4.84. The molecule has 2 atom stereocenters. The summed E-state index contributed by atoms with van der Waals surface area (Å²) >= 11 is 6.53. The van der Waals surface area contributed by atoms with Gasteiger partial charge in [-0.15, -0.1) is 0 Å². The Morgan fingerprint density at radius 1 is 1.19 bits per heavy atom. The number of nitrogens with zero attached hydrogens (tertiary/aromatic N) is 2. The number of carbonyl (C=O) groups is 2. The average Bonchev–Trinajstić information content (AvgIpc) is 3.53. The quantitative estimate of drug-likeness (QED) is 0.461. The van der Waals surface area contributed by atoms with Gasteiger partial charge in [0.25, 0.3) is 5.91 Å². The van der Waals surface area contributed by atoms with Crippen LogP contribution in [0, 0.1) is 6.92 Å². The van der Waals surface area contributed by atoms with Crippen LogP contribution in [0.3, 0.4) is 0 Å². The number of amides is 2. The molecule has 0 saturated carbocycles. The van der Waals surface area contributed by atoms with E-state index in [2.05, 4.69) is 10.3 Å². The van der Waals surface area contributed by atoms with Crippen molar-refractivity contribution < 1.29 is 18.7 Å². The number of halogens is 2. The normalized spacial score (nSPS) is 18.6. The zero-order valence-corrected chi connectivity index (χ0v) is 21.2. The second-order valence-corrected chi connectivity index (χ2v) is 9.81. The first-order valence-electron chi connectivity index (χ1n) is 12.3. The molecule has 190 valence electrons. The van der Waals surface area contributed by atoms with Crippen LogP contribution in [-0.4, -0.2) is 47.1 Å².